The van der Waals surface area contributed by atoms with E-state index < -0.39 is 0 Å². The minimum Gasteiger partial charge on any atom is -0.372 e. The lowest BCUT2D eigenvalue weighted by Gasteiger charge is -2.34. The normalized spacial score (nSPS) is 22.9. The van der Waals surface area contributed by atoms with Crippen LogP contribution < -0.4 is 15.5 Å². The minimum atomic E-state index is 0.176. The highest BCUT2D eigenvalue weighted by Gasteiger charge is 2.46. The molecule has 5 heteroatoms. The lowest BCUT2D eigenvalue weighted by atomic mass is 9.88. The third-order valence-corrected chi connectivity index (χ3v) is 7.86. The Labute approximate surface area is 166 Å². The third-order valence-electron chi connectivity index (χ3n) is 6.75. The molecule has 1 aromatic carbocycles. The molecular formula is C22H30N4S. The van der Waals surface area contributed by atoms with Gasteiger partial charge in [-0.05, 0) is 68.6 Å². The molecule has 5 rings (SSSR count). The molecule has 27 heavy (non-hydrogen) atoms. The molecule has 2 aromatic rings. The molecule has 0 bridgehead atoms. The summed E-state index contributed by atoms with van der Waals surface area (Å²) in [6.45, 7) is 4.58. The van der Waals surface area contributed by atoms with E-state index in [0.29, 0.717) is 0 Å². The van der Waals surface area contributed by atoms with E-state index in [4.69, 9.17) is 10.7 Å². The number of hydrogen-bond donors (Lipinski definition) is 1. The summed E-state index contributed by atoms with van der Waals surface area (Å²) in [6, 6.07) is 9.02. The van der Waals surface area contributed by atoms with Gasteiger partial charge in [-0.2, -0.15) is 0 Å². The molecule has 4 nitrogen and oxygen atoms in total. The number of rotatable bonds is 4. The number of hydrogen-bond acceptors (Lipinski definition) is 5. The van der Waals surface area contributed by atoms with Gasteiger partial charge in [-0.25, -0.2) is 4.98 Å². The fraction of sp³-hybridized carbons (Fsp3) is 0.591. The molecule has 1 saturated carbocycles. The molecule has 3 heterocycles. The average Bonchev–Trinajstić information content (AvgIpc) is 3.29. The van der Waals surface area contributed by atoms with Crippen LogP contribution in [0.25, 0.3) is 10.4 Å². The molecule has 2 saturated heterocycles. The second-order valence-corrected chi connectivity index (χ2v) is 9.61. The van der Waals surface area contributed by atoms with Crippen LogP contribution in [0, 0.1) is 5.92 Å². The van der Waals surface area contributed by atoms with E-state index in [2.05, 4.69) is 40.3 Å². The third kappa shape index (κ3) is 3.59. The highest BCUT2D eigenvalue weighted by Crippen LogP contribution is 2.45. The second kappa shape index (κ2) is 7.10. The first kappa shape index (κ1) is 17.5. The van der Waals surface area contributed by atoms with Crippen LogP contribution in [0.15, 0.2) is 30.5 Å². The van der Waals surface area contributed by atoms with E-state index in [1.807, 2.05) is 11.3 Å². The quantitative estimate of drug-likeness (QED) is 0.845. The van der Waals surface area contributed by atoms with Crippen molar-refractivity contribution in [3.63, 3.8) is 0 Å². The van der Waals surface area contributed by atoms with Gasteiger partial charge in [-0.15, -0.1) is 0 Å². The molecule has 0 amide bonds. The topological polar surface area (TPSA) is 45.4 Å². The molecular weight excluding hydrogens is 352 g/mol. The van der Waals surface area contributed by atoms with Crippen molar-refractivity contribution in [3.05, 3.63) is 30.5 Å². The summed E-state index contributed by atoms with van der Waals surface area (Å²) >= 11 is 1.84. The van der Waals surface area contributed by atoms with Gasteiger partial charge >= 0.3 is 0 Å². The number of anilines is 2. The van der Waals surface area contributed by atoms with Crippen molar-refractivity contribution < 1.29 is 0 Å². The van der Waals surface area contributed by atoms with Gasteiger partial charge in [0.1, 0.15) is 0 Å². The summed E-state index contributed by atoms with van der Waals surface area (Å²) in [4.78, 5) is 11.0. The predicted molar refractivity (Wildman–Crippen MR) is 115 cm³/mol. The Kier molecular flexibility index (Phi) is 4.60. The standard InChI is InChI=1S/C22H30N4S/c23-22(9-10-22)18-7-13-26(14-8-18)21-24-16-20(27-21)17-5-4-6-19(15-17)25-11-2-1-3-12-25/h4-6,15-16,18H,1-3,7-14,23H2. The smallest absolute Gasteiger partial charge is 0.185 e. The van der Waals surface area contributed by atoms with Crippen molar-refractivity contribution in [2.45, 2.75) is 50.5 Å². The van der Waals surface area contributed by atoms with E-state index in [9.17, 15) is 0 Å². The second-order valence-electron chi connectivity index (χ2n) is 8.60. The van der Waals surface area contributed by atoms with Gasteiger partial charge in [0.15, 0.2) is 5.13 Å². The average molecular weight is 383 g/mol. The zero-order valence-electron chi connectivity index (χ0n) is 16.1. The summed E-state index contributed by atoms with van der Waals surface area (Å²) < 4.78 is 0. The summed E-state index contributed by atoms with van der Waals surface area (Å²) in [5.41, 5.74) is 9.26. The van der Waals surface area contributed by atoms with Gasteiger partial charge in [0, 0.05) is 43.6 Å². The number of aromatic nitrogens is 1. The lowest BCUT2D eigenvalue weighted by molar-refractivity contribution is 0.325. The molecule has 3 aliphatic rings. The van der Waals surface area contributed by atoms with Crippen molar-refractivity contribution in [3.8, 4) is 10.4 Å². The fourth-order valence-corrected chi connectivity index (χ4v) is 5.71. The summed E-state index contributed by atoms with van der Waals surface area (Å²) in [5, 5.41) is 1.17. The van der Waals surface area contributed by atoms with Gasteiger partial charge in [0.05, 0.1) is 4.88 Å². The molecule has 1 aliphatic carbocycles. The number of benzene rings is 1. The Bertz CT molecular complexity index is 783. The molecule has 0 radical (unpaired) electrons. The van der Waals surface area contributed by atoms with Crippen LogP contribution in [0.3, 0.4) is 0 Å². The molecule has 1 aromatic heterocycles. The van der Waals surface area contributed by atoms with Crippen molar-refractivity contribution in [1.29, 1.82) is 0 Å². The maximum Gasteiger partial charge on any atom is 0.185 e. The predicted octanol–water partition coefficient (Wildman–Crippen LogP) is 4.51. The van der Waals surface area contributed by atoms with Crippen molar-refractivity contribution in [2.75, 3.05) is 36.0 Å². The maximum atomic E-state index is 6.43. The Morgan fingerprint density at radius 2 is 1.78 bits per heavy atom. The van der Waals surface area contributed by atoms with Crippen LogP contribution >= 0.6 is 11.3 Å². The van der Waals surface area contributed by atoms with Gasteiger partial charge in [-0.3, -0.25) is 0 Å². The van der Waals surface area contributed by atoms with E-state index in [-0.39, 0.29) is 5.54 Å². The Morgan fingerprint density at radius 1 is 1.00 bits per heavy atom. The molecule has 144 valence electrons. The minimum absolute atomic E-state index is 0.176. The number of piperidine rings is 2. The number of nitrogens with zero attached hydrogens (tertiary/aromatic N) is 3. The van der Waals surface area contributed by atoms with Crippen LogP contribution in [-0.2, 0) is 0 Å². The van der Waals surface area contributed by atoms with Crippen molar-refractivity contribution in [1.82, 2.24) is 4.98 Å². The van der Waals surface area contributed by atoms with Crippen molar-refractivity contribution in [2.24, 2.45) is 11.7 Å². The SMILES string of the molecule is NC1(C2CCN(c3ncc(-c4cccc(N5CCCCC5)c4)s3)CC2)CC1. The van der Waals surface area contributed by atoms with E-state index in [0.717, 1.165) is 19.0 Å². The Balaban J connectivity index is 1.28. The molecule has 0 unspecified atom stereocenters. The van der Waals surface area contributed by atoms with Gasteiger partial charge < -0.3 is 15.5 Å². The summed E-state index contributed by atoms with van der Waals surface area (Å²) in [6.07, 6.45) is 11.0. The molecule has 2 aliphatic heterocycles. The summed E-state index contributed by atoms with van der Waals surface area (Å²) in [5.74, 6) is 0.717. The largest absolute Gasteiger partial charge is 0.372 e. The Hall–Kier alpha value is -1.59. The fourth-order valence-electron chi connectivity index (χ4n) is 4.75. The van der Waals surface area contributed by atoms with Crippen LogP contribution in [0.2, 0.25) is 0 Å². The zero-order valence-corrected chi connectivity index (χ0v) is 16.9. The first-order valence-corrected chi connectivity index (χ1v) is 11.4. The monoisotopic (exact) mass is 382 g/mol. The van der Waals surface area contributed by atoms with Crippen LogP contribution in [0.5, 0.6) is 0 Å². The molecule has 3 fully saturated rings. The van der Waals surface area contributed by atoms with E-state index >= 15 is 0 Å². The molecule has 2 N–H and O–H groups in total. The summed E-state index contributed by atoms with van der Waals surface area (Å²) in [7, 11) is 0. The highest BCUT2D eigenvalue weighted by molar-refractivity contribution is 7.18. The number of thiazole rings is 1. The van der Waals surface area contributed by atoms with Gasteiger partial charge in [0.25, 0.3) is 0 Å². The molecule has 0 spiro atoms. The van der Waals surface area contributed by atoms with Crippen LogP contribution in [0.1, 0.15) is 44.9 Å². The molecule has 0 atom stereocenters. The number of nitrogens with two attached hydrogens (primary N) is 1. The highest BCUT2D eigenvalue weighted by atomic mass is 32.1. The lowest BCUT2D eigenvalue weighted by Crippen LogP contribution is -2.42. The van der Waals surface area contributed by atoms with E-state index in [1.54, 1.807) is 0 Å². The van der Waals surface area contributed by atoms with Crippen LogP contribution in [0.4, 0.5) is 10.8 Å². The van der Waals surface area contributed by atoms with E-state index in [1.165, 1.54) is 79.3 Å². The van der Waals surface area contributed by atoms with Gasteiger partial charge in [-0.1, -0.05) is 23.5 Å². The van der Waals surface area contributed by atoms with Crippen LogP contribution in [-0.4, -0.2) is 36.7 Å². The first-order valence-electron chi connectivity index (χ1n) is 10.6. The van der Waals surface area contributed by atoms with Gasteiger partial charge in [0.2, 0.25) is 0 Å². The van der Waals surface area contributed by atoms with Crippen molar-refractivity contribution >= 4 is 22.2 Å². The Morgan fingerprint density at radius 3 is 2.52 bits per heavy atom. The zero-order chi connectivity index (χ0) is 18.3. The maximum absolute atomic E-state index is 6.43. The first-order chi connectivity index (χ1) is 13.2.